The number of nitrogens with one attached hydrogen (secondary N) is 2. The third-order valence-corrected chi connectivity index (χ3v) is 6.22. The summed E-state index contributed by atoms with van der Waals surface area (Å²) in [5.74, 6) is -5.36. The predicted octanol–water partition coefficient (Wildman–Crippen LogP) is 2.15. The van der Waals surface area contributed by atoms with Crippen LogP contribution in [0.15, 0.2) is 35.3 Å². The fourth-order valence-electron chi connectivity index (χ4n) is 4.41. The Labute approximate surface area is 191 Å². The summed E-state index contributed by atoms with van der Waals surface area (Å²) in [5.41, 5.74) is -0.591. The monoisotopic (exact) mass is 474 g/mol. The molecule has 3 heterocycles. The fraction of sp³-hybridized carbons (Fsp3) is 0.348. The average Bonchev–Trinajstić information content (AvgIpc) is 2.90. The third kappa shape index (κ3) is 3.85. The predicted molar refractivity (Wildman–Crippen MR) is 117 cm³/mol. The number of amides is 1. The van der Waals surface area contributed by atoms with Gasteiger partial charge in [0.25, 0.3) is 17.4 Å². The Morgan fingerprint density at radius 3 is 2.65 bits per heavy atom. The van der Waals surface area contributed by atoms with Crippen molar-refractivity contribution in [2.24, 2.45) is 0 Å². The number of aromatic hydroxyl groups is 1. The first-order chi connectivity index (χ1) is 16.1. The van der Waals surface area contributed by atoms with Crippen LogP contribution < -0.4 is 16.2 Å². The van der Waals surface area contributed by atoms with Gasteiger partial charge in [-0.1, -0.05) is 12.1 Å². The lowest BCUT2D eigenvalue weighted by molar-refractivity contribution is -0.000972. The van der Waals surface area contributed by atoms with Crippen LogP contribution >= 0.6 is 0 Å². The largest absolute Gasteiger partial charge is 0.505 e. The van der Waals surface area contributed by atoms with Gasteiger partial charge in [-0.3, -0.25) is 19.1 Å². The van der Waals surface area contributed by atoms with Gasteiger partial charge >= 0.3 is 0 Å². The van der Waals surface area contributed by atoms with E-state index in [0.717, 1.165) is 4.57 Å². The normalized spacial score (nSPS) is 20.8. The third-order valence-electron chi connectivity index (χ3n) is 6.22. The van der Waals surface area contributed by atoms with E-state index in [1.807, 2.05) is 0 Å². The maximum atomic E-state index is 14.6. The van der Waals surface area contributed by atoms with Crippen molar-refractivity contribution in [1.29, 1.82) is 0 Å². The Morgan fingerprint density at radius 2 is 1.97 bits per heavy atom. The van der Waals surface area contributed by atoms with Crippen molar-refractivity contribution >= 4 is 22.6 Å². The molecule has 11 heteroatoms. The standard InChI is InChI=1S/C23H21F3N4O4/c24-13-3-1-11(2-4-13)5-12-8-27-18-19-17(12)28-9-23(25,26)10-30(19)22(34)16(20(18)32)21(33)29-14-6-15(31)7-14/h1-4,8,14-15,28,31-32H,5-7,9-10H2,(H,29,33). The van der Waals surface area contributed by atoms with Crippen LogP contribution in [0.4, 0.5) is 18.9 Å². The van der Waals surface area contributed by atoms with Gasteiger partial charge in [0, 0.05) is 24.2 Å². The quantitative estimate of drug-likeness (QED) is 0.461. The molecule has 1 aliphatic carbocycles. The Balaban J connectivity index is 1.65. The fourth-order valence-corrected chi connectivity index (χ4v) is 4.41. The second-order valence-corrected chi connectivity index (χ2v) is 8.78. The van der Waals surface area contributed by atoms with Gasteiger partial charge in [0.15, 0.2) is 5.75 Å². The summed E-state index contributed by atoms with van der Waals surface area (Å²) < 4.78 is 43.3. The van der Waals surface area contributed by atoms with Crippen LogP contribution in [0.2, 0.25) is 0 Å². The molecule has 1 amide bonds. The number of hydrogen-bond acceptors (Lipinski definition) is 6. The van der Waals surface area contributed by atoms with Crippen LogP contribution in [-0.4, -0.2) is 50.3 Å². The van der Waals surface area contributed by atoms with Crippen molar-refractivity contribution < 1.29 is 28.2 Å². The highest BCUT2D eigenvalue weighted by atomic mass is 19.3. The molecule has 3 aromatic rings. The number of hydrogen-bond donors (Lipinski definition) is 4. The van der Waals surface area contributed by atoms with E-state index >= 15 is 0 Å². The summed E-state index contributed by atoms with van der Waals surface area (Å²) >= 11 is 0. The zero-order chi connectivity index (χ0) is 24.2. The molecule has 2 aromatic heterocycles. The average molecular weight is 474 g/mol. The van der Waals surface area contributed by atoms with Crippen molar-refractivity contribution in [3.8, 4) is 5.75 Å². The van der Waals surface area contributed by atoms with Crippen molar-refractivity contribution in [2.45, 2.75) is 43.9 Å². The number of benzene rings is 1. The molecule has 1 fully saturated rings. The molecule has 2 aliphatic rings. The Hall–Kier alpha value is -3.60. The molecule has 0 bridgehead atoms. The lowest BCUT2D eigenvalue weighted by atomic mass is 9.89. The minimum atomic E-state index is -3.33. The first-order valence-electron chi connectivity index (χ1n) is 10.8. The highest BCUT2D eigenvalue weighted by Crippen LogP contribution is 2.36. The highest BCUT2D eigenvalue weighted by Gasteiger charge is 2.37. The number of nitrogens with zero attached hydrogens (tertiary/aromatic N) is 2. The van der Waals surface area contributed by atoms with E-state index in [9.17, 15) is 33.0 Å². The molecule has 0 radical (unpaired) electrons. The van der Waals surface area contributed by atoms with Crippen molar-refractivity contribution in [1.82, 2.24) is 14.9 Å². The van der Waals surface area contributed by atoms with Crippen LogP contribution in [0.1, 0.15) is 34.3 Å². The van der Waals surface area contributed by atoms with Gasteiger partial charge in [0.1, 0.15) is 16.9 Å². The molecule has 34 heavy (non-hydrogen) atoms. The molecule has 1 aromatic carbocycles. The highest BCUT2D eigenvalue weighted by molar-refractivity contribution is 6.04. The van der Waals surface area contributed by atoms with Gasteiger partial charge < -0.3 is 20.8 Å². The van der Waals surface area contributed by atoms with E-state index in [4.69, 9.17) is 0 Å². The van der Waals surface area contributed by atoms with E-state index in [2.05, 4.69) is 15.6 Å². The molecule has 0 unspecified atom stereocenters. The van der Waals surface area contributed by atoms with Crippen LogP contribution in [0.3, 0.4) is 0 Å². The number of rotatable bonds is 4. The summed E-state index contributed by atoms with van der Waals surface area (Å²) in [6, 6.07) is 5.26. The molecule has 8 nitrogen and oxygen atoms in total. The maximum Gasteiger partial charge on any atom is 0.282 e. The van der Waals surface area contributed by atoms with E-state index in [1.165, 1.54) is 18.3 Å². The lowest BCUT2D eigenvalue weighted by Gasteiger charge is -2.32. The van der Waals surface area contributed by atoms with Gasteiger partial charge in [-0.25, -0.2) is 13.2 Å². The summed E-state index contributed by atoms with van der Waals surface area (Å²) in [4.78, 5) is 30.2. The second kappa shape index (κ2) is 8.01. The van der Waals surface area contributed by atoms with Crippen molar-refractivity contribution in [3.05, 3.63) is 63.3 Å². The molecule has 0 spiro atoms. The molecular weight excluding hydrogens is 453 g/mol. The SMILES string of the molecule is O=C(NC1CC(O)C1)c1c(O)c2ncc(Cc3ccc(F)cc3)c3c2n(c1=O)CC(F)(F)CN3. The number of alkyl halides is 2. The number of halogens is 3. The number of aliphatic hydroxyl groups is 1. The lowest BCUT2D eigenvalue weighted by Crippen LogP contribution is -2.48. The van der Waals surface area contributed by atoms with Gasteiger partial charge in [-0.05, 0) is 30.5 Å². The molecule has 0 atom stereocenters. The number of aliphatic hydroxyl groups excluding tert-OH is 1. The molecule has 0 saturated heterocycles. The van der Waals surface area contributed by atoms with Gasteiger partial charge in [-0.15, -0.1) is 0 Å². The summed E-state index contributed by atoms with van der Waals surface area (Å²) in [5, 5.41) is 25.5. The summed E-state index contributed by atoms with van der Waals surface area (Å²) in [7, 11) is 0. The zero-order valence-corrected chi connectivity index (χ0v) is 17.8. The van der Waals surface area contributed by atoms with Crippen LogP contribution in [-0.2, 0) is 13.0 Å². The number of anilines is 1. The smallest absolute Gasteiger partial charge is 0.282 e. The Bertz CT molecular complexity index is 1350. The zero-order valence-electron chi connectivity index (χ0n) is 17.8. The van der Waals surface area contributed by atoms with Crippen molar-refractivity contribution in [3.63, 3.8) is 0 Å². The van der Waals surface area contributed by atoms with Crippen LogP contribution in [0, 0.1) is 5.82 Å². The molecule has 1 saturated carbocycles. The van der Waals surface area contributed by atoms with Gasteiger partial charge in [-0.2, -0.15) is 0 Å². The number of carbonyl (C=O) groups is 1. The van der Waals surface area contributed by atoms with E-state index in [-0.39, 0.29) is 29.2 Å². The van der Waals surface area contributed by atoms with E-state index in [1.54, 1.807) is 12.1 Å². The minimum absolute atomic E-state index is 0.0325. The number of carbonyl (C=O) groups excluding carboxylic acids is 1. The minimum Gasteiger partial charge on any atom is -0.505 e. The second-order valence-electron chi connectivity index (χ2n) is 8.78. The molecular formula is C23H21F3N4O4. The van der Waals surface area contributed by atoms with Gasteiger partial charge in [0.2, 0.25) is 0 Å². The maximum absolute atomic E-state index is 14.6. The molecule has 5 rings (SSSR count). The Morgan fingerprint density at radius 1 is 1.26 bits per heavy atom. The van der Waals surface area contributed by atoms with Crippen LogP contribution in [0.5, 0.6) is 5.75 Å². The number of pyridine rings is 2. The van der Waals surface area contributed by atoms with Crippen molar-refractivity contribution in [2.75, 3.05) is 11.9 Å². The first kappa shape index (κ1) is 22.2. The Kier molecular flexibility index (Phi) is 5.23. The van der Waals surface area contributed by atoms with E-state index < -0.39 is 53.7 Å². The molecule has 178 valence electrons. The molecule has 1 aliphatic heterocycles. The number of aromatic nitrogens is 2. The summed E-state index contributed by atoms with van der Waals surface area (Å²) in [6.45, 7) is -1.78. The molecule has 4 N–H and O–H groups in total. The first-order valence-corrected chi connectivity index (χ1v) is 10.8. The van der Waals surface area contributed by atoms with E-state index in [0.29, 0.717) is 24.0 Å². The van der Waals surface area contributed by atoms with Gasteiger partial charge in [0.05, 0.1) is 30.4 Å². The topological polar surface area (TPSA) is 116 Å². The van der Waals surface area contributed by atoms with Crippen LogP contribution in [0.25, 0.3) is 11.0 Å². The summed E-state index contributed by atoms with van der Waals surface area (Å²) in [6.07, 6.45) is 1.61.